The van der Waals surface area contributed by atoms with Crippen molar-refractivity contribution in [3.05, 3.63) is 214 Å². The van der Waals surface area contributed by atoms with Crippen LogP contribution in [-0.2, 0) is 24.1 Å². The van der Waals surface area contributed by atoms with E-state index >= 15 is 0 Å². The summed E-state index contributed by atoms with van der Waals surface area (Å²) >= 11 is 3.15. The van der Waals surface area contributed by atoms with Crippen LogP contribution in [-0.4, -0.2) is 70.2 Å². The first kappa shape index (κ1) is 43.2. The molecule has 0 spiro atoms. The van der Waals surface area contributed by atoms with Gasteiger partial charge in [-0.15, -0.1) is 0 Å². The van der Waals surface area contributed by atoms with E-state index in [1.165, 1.54) is 26.8 Å². The van der Waals surface area contributed by atoms with Crippen LogP contribution in [0.4, 0.5) is 5.82 Å². The fourth-order valence-corrected chi connectivity index (χ4v) is 10.5. The molecule has 1 amide bonds. The third-order valence-electron chi connectivity index (χ3n) is 11.8. The van der Waals surface area contributed by atoms with Crippen LogP contribution >= 0.6 is 6.62 Å². The molecule has 2 aliphatic rings. The molecular formula is C51H45N3O8PSe+. The Labute approximate surface area is 379 Å². The Morgan fingerprint density at radius 3 is 1.86 bits per heavy atom. The van der Waals surface area contributed by atoms with Crippen LogP contribution in [0.25, 0.3) is 11.1 Å². The number of ether oxygens (including phenoxy) is 4. The Morgan fingerprint density at radius 1 is 0.734 bits per heavy atom. The number of carbonyl (C=O) groups excluding carboxylic acids is 1. The van der Waals surface area contributed by atoms with Crippen molar-refractivity contribution in [1.29, 1.82) is 0 Å². The van der Waals surface area contributed by atoms with Gasteiger partial charge in [-0.05, 0) is 12.1 Å². The maximum absolute atomic E-state index is 13.7. The number of fused-ring (bicyclic) bond motifs is 3. The van der Waals surface area contributed by atoms with Crippen molar-refractivity contribution in [2.75, 3.05) is 32.8 Å². The number of nitrogens with one attached hydrogen (secondary N) is 1. The Hall–Kier alpha value is -6.07. The monoisotopic (exact) mass is 938 g/mol. The molecule has 4 atom stereocenters. The molecule has 9 rings (SSSR count). The van der Waals surface area contributed by atoms with Gasteiger partial charge in [0.15, 0.2) is 0 Å². The van der Waals surface area contributed by atoms with E-state index < -0.39 is 36.3 Å². The second-order valence-corrected chi connectivity index (χ2v) is 18.2. The summed E-state index contributed by atoms with van der Waals surface area (Å²) in [7, 11) is 3.27. The van der Waals surface area contributed by atoms with Crippen molar-refractivity contribution in [3.8, 4) is 22.6 Å². The molecule has 64 heavy (non-hydrogen) atoms. The molecule has 0 saturated carbocycles. The van der Waals surface area contributed by atoms with Crippen molar-refractivity contribution < 1.29 is 32.8 Å². The molecule has 7 aromatic rings. The topological polar surface area (TPSA) is 119 Å². The van der Waals surface area contributed by atoms with Crippen LogP contribution in [0.2, 0.25) is 0 Å². The number of aromatic nitrogens is 2. The predicted octanol–water partition coefficient (Wildman–Crippen LogP) is 9.42. The first-order valence-corrected chi connectivity index (χ1v) is 24.3. The van der Waals surface area contributed by atoms with E-state index in [1.54, 1.807) is 50.7 Å². The van der Waals surface area contributed by atoms with Gasteiger partial charge in [0.05, 0.1) is 14.2 Å². The number of anilines is 1. The van der Waals surface area contributed by atoms with Gasteiger partial charge >= 0.3 is 337 Å². The standard InChI is InChI=1S/C51H44N3O8PSe/c1-57-38-25-21-36(22-26-38)51(35-15-7-4-8-16-35,37-23-27-39(58-2)28-24-37)59-33-46-45(62-63(64)60-32-44-42-19-11-9-17-40(42)41-18-10-12-20-43(41)44)31-48(61-46)54-30-29-47(53-50(54)56)52-49(55)34-13-5-3-6-14-34/h3-30,44-46,48H,31-33H2,1-2H3/p+1/t45-,46+,48+/m0/s1. The minimum absolute atomic E-state index is 0.0343. The molecule has 1 aromatic heterocycles. The fraction of sp³-hybridized carbons (Fsp3) is 0.196. The van der Waals surface area contributed by atoms with E-state index in [1.807, 2.05) is 84.9 Å². The quantitative estimate of drug-likeness (QED) is 0.0575. The summed E-state index contributed by atoms with van der Waals surface area (Å²) in [4.78, 5) is 30.8. The van der Waals surface area contributed by atoms with Gasteiger partial charge in [0.25, 0.3) is 0 Å². The molecule has 1 fully saturated rings. The van der Waals surface area contributed by atoms with Crippen LogP contribution in [0.5, 0.6) is 11.5 Å². The summed E-state index contributed by atoms with van der Waals surface area (Å²) in [5, 5.41) is 2.73. The van der Waals surface area contributed by atoms with Gasteiger partial charge in [0, 0.05) is 0 Å². The van der Waals surface area contributed by atoms with Crippen molar-refractivity contribution in [2.24, 2.45) is 0 Å². The molecule has 1 N–H and O–H groups in total. The molecule has 2 heterocycles. The van der Waals surface area contributed by atoms with Crippen LogP contribution in [0.1, 0.15) is 56.7 Å². The third-order valence-corrected chi connectivity index (χ3v) is 13.8. The number of carbonyl (C=O) groups is 1. The van der Waals surface area contributed by atoms with E-state index in [0.717, 1.165) is 16.7 Å². The molecule has 13 heteroatoms. The van der Waals surface area contributed by atoms with Gasteiger partial charge in [-0.1, -0.05) is 18.2 Å². The zero-order valence-corrected chi connectivity index (χ0v) is 37.7. The number of methoxy groups -OCH3 is 2. The summed E-state index contributed by atoms with van der Waals surface area (Å²) in [6.07, 6.45) is -0.166. The summed E-state index contributed by atoms with van der Waals surface area (Å²) in [6, 6.07) is 52.9. The van der Waals surface area contributed by atoms with Gasteiger partial charge in [0.1, 0.15) is 0 Å². The van der Waals surface area contributed by atoms with Crippen LogP contribution < -0.4 is 20.5 Å². The first-order chi connectivity index (χ1) is 31.3. The Kier molecular flexibility index (Phi) is 13.1. The zero-order valence-electron chi connectivity index (χ0n) is 35.1. The third kappa shape index (κ3) is 8.87. The molecule has 1 aliphatic heterocycles. The van der Waals surface area contributed by atoms with E-state index in [9.17, 15) is 9.59 Å². The number of nitrogens with zero attached hydrogens (tertiary/aromatic N) is 2. The summed E-state index contributed by atoms with van der Waals surface area (Å²) in [6.45, 7) is -1.12. The summed E-state index contributed by atoms with van der Waals surface area (Å²) < 4.78 is 39.9. The second kappa shape index (κ2) is 19.4. The van der Waals surface area contributed by atoms with Gasteiger partial charge in [-0.25, -0.2) is 0 Å². The first-order valence-electron chi connectivity index (χ1n) is 20.9. The fourth-order valence-electron chi connectivity index (χ4n) is 8.61. The molecule has 1 unspecified atom stereocenters. The molecule has 1 aliphatic carbocycles. The van der Waals surface area contributed by atoms with E-state index in [4.69, 9.17) is 28.0 Å². The second-order valence-electron chi connectivity index (χ2n) is 15.4. The normalized spacial score (nSPS) is 17.0. The average molecular weight is 938 g/mol. The summed E-state index contributed by atoms with van der Waals surface area (Å²) in [5.41, 5.74) is 6.17. The number of rotatable bonds is 16. The van der Waals surface area contributed by atoms with Crippen LogP contribution in [0.3, 0.4) is 0 Å². The van der Waals surface area contributed by atoms with Crippen molar-refractivity contribution in [1.82, 2.24) is 9.55 Å². The molecule has 1 saturated heterocycles. The number of hydrogen-bond donors (Lipinski definition) is 1. The predicted molar refractivity (Wildman–Crippen MR) is 247 cm³/mol. The van der Waals surface area contributed by atoms with Gasteiger partial charge in [-0.3, -0.25) is 0 Å². The number of hydrogen-bond acceptors (Lipinski definition) is 9. The van der Waals surface area contributed by atoms with Crippen molar-refractivity contribution in [3.63, 3.8) is 0 Å². The molecule has 6 aromatic carbocycles. The van der Waals surface area contributed by atoms with Gasteiger partial charge < -0.3 is 0 Å². The molecular weight excluding hydrogens is 893 g/mol. The average Bonchev–Trinajstić information content (AvgIpc) is 3.89. The van der Waals surface area contributed by atoms with Crippen molar-refractivity contribution >= 4 is 33.4 Å². The number of benzene rings is 6. The van der Waals surface area contributed by atoms with Crippen molar-refractivity contribution in [2.45, 2.75) is 36.4 Å². The number of amides is 1. The van der Waals surface area contributed by atoms with Gasteiger partial charge in [0.2, 0.25) is 0 Å². The molecule has 322 valence electrons. The maximum atomic E-state index is 13.7. The summed E-state index contributed by atoms with van der Waals surface area (Å²) in [5.74, 6) is 1.20. The van der Waals surface area contributed by atoms with E-state index in [-0.39, 0.29) is 30.7 Å². The Bertz CT molecular complexity index is 2720. The Morgan fingerprint density at radius 2 is 1.28 bits per heavy atom. The van der Waals surface area contributed by atoms with E-state index in [2.05, 4.69) is 73.9 Å². The van der Waals surface area contributed by atoms with Crippen LogP contribution in [0, 0.1) is 0 Å². The zero-order chi connectivity index (χ0) is 44.0. The molecule has 0 radical (unpaired) electrons. The van der Waals surface area contributed by atoms with E-state index in [0.29, 0.717) is 23.7 Å². The Balaban J connectivity index is 1.02. The minimum atomic E-state index is -1.57. The SMILES string of the molecule is COc1ccc(C(OC[C@H]2O[C@@H](n3ccc(NC(=O)c4ccccc4)nc3=O)C[C@@H]2O[P+](=[Se])OCC2c3ccccc3-c3ccccc32)(c2ccccc2)c2ccc(OC)cc2)cc1. The van der Waals surface area contributed by atoms with Crippen LogP contribution in [0.15, 0.2) is 175 Å². The molecule has 11 nitrogen and oxygen atoms in total. The molecule has 0 bridgehead atoms. The van der Waals surface area contributed by atoms with Gasteiger partial charge in [-0.2, -0.15) is 0 Å².